The lowest BCUT2D eigenvalue weighted by Crippen LogP contribution is -1.96. The van der Waals surface area contributed by atoms with Gasteiger partial charge in [0, 0.05) is 17.6 Å². The fourth-order valence-corrected chi connectivity index (χ4v) is 2.27. The van der Waals surface area contributed by atoms with E-state index in [-0.39, 0.29) is 10.8 Å². The highest BCUT2D eigenvalue weighted by Crippen LogP contribution is 2.38. The number of hydrogen-bond donors (Lipinski definition) is 1. The first-order valence-electron chi connectivity index (χ1n) is 5.31. The van der Waals surface area contributed by atoms with Gasteiger partial charge in [-0.2, -0.15) is 0 Å². The molecule has 0 heterocycles. The van der Waals surface area contributed by atoms with Gasteiger partial charge in [0.25, 0.3) is 0 Å². The molecule has 0 saturated heterocycles. The third kappa shape index (κ3) is 2.98. The van der Waals surface area contributed by atoms with Gasteiger partial charge in [-0.3, -0.25) is 0 Å². The average molecular weight is 349 g/mol. The zero-order valence-electron chi connectivity index (χ0n) is 9.81. The van der Waals surface area contributed by atoms with Crippen molar-refractivity contribution in [2.24, 2.45) is 0 Å². The van der Waals surface area contributed by atoms with Crippen LogP contribution in [0.2, 0.25) is 5.02 Å². The van der Waals surface area contributed by atoms with Crippen LogP contribution in [0.1, 0.15) is 0 Å². The van der Waals surface area contributed by atoms with Crippen LogP contribution in [0.15, 0.2) is 34.8 Å². The Morgan fingerprint density at radius 1 is 1.16 bits per heavy atom. The molecule has 0 aliphatic carbocycles. The second-order valence-corrected chi connectivity index (χ2v) is 4.92. The maximum atomic E-state index is 13.2. The number of halogens is 4. The van der Waals surface area contributed by atoms with Crippen molar-refractivity contribution in [3.05, 3.63) is 51.5 Å². The van der Waals surface area contributed by atoms with Gasteiger partial charge < -0.3 is 10.1 Å². The Morgan fingerprint density at radius 3 is 2.53 bits per heavy atom. The van der Waals surface area contributed by atoms with Crippen molar-refractivity contribution in [1.29, 1.82) is 0 Å². The molecule has 0 atom stereocenters. The van der Waals surface area contributed by atoms with Crippen molar-refractivity contribution in [3.8, 4) is 11.5 Å². The number of hydrogen-bond acceptors (Lipinski definition) is 2. The molecule has 0 unspecified atom stereocenters. The van der Waals surface area contributed by atoms with Crippen molar-refractivity contribution < 1.29 is 13.5 Å². The van der Waals surface area contributed by atoms with Gasteiger partial charge in [-0.1, -0.05) is 17.7 Å². The largest absolute Gasteiger partial charge is 0.453 e. The molecule has 19 heavy (non-hydrogen) atoms. The van der Waals surface area contributed by atoms with E-state index in [0.29, 0.717) is 11.4 Å². The topological polar surface area (TPSA) is 21.3 Å². The van der Waals surface area contributed by atoms with Gasteiger partial charge >= 0.3 is 0 Å². The minimum atomic E-state index is -1.01. The summed E-state index contributed by atoms with van der Waals surface area (Å²) in [6.45, 7) is 0. The van der Waals surface area contributed by atoms with Gasteiger partial charge in [0.15, 0.2) is 17.4 Å². The van der Waals surface area contributed by atoms with Crippen LogP contribution in [0, 0.1) is 11.6 Å². The van der Waals surface area contributed by atoms with E-state index in [9.17, 15) is 8.78 Å². The van der Waals surface area contributed by atoms with Crippen LogP contribution in [-0.2, 0) is 0 Å². The smallest absolute Gasteiger partial charge is 0.162 e. The fourth-order valence-electron chi connectivity index (χ4n) is 1.53. The molecule has 0 saturated carbocycles. The summed E-state index contributed by atoms with van der Waals surface area (Å²) in [6.07, 6.45) is 0. The highest BCUT2D eigenvalue weighted by molar-refractivity contribution is 9.10. The normalized spacial score (nSPS) is 10.4. The van der Waals surface area contributed by atoms with Crippen molar-refractivity contribution in [2.45, 2.75) is 0 Å². The number of anilines is 1. The minimum Gasteiger partial charge on any atom is -0.453 e. The van der Waals surface area contributed by atoms with Crippen LogP contribution < -0.4 is 10.1 Å². The molecular formula is C13H9BrClF2NO. The first kappa shape index (κ1) is 14.1. The van der Waals surface area contributed by atoms with Gasteiger partial charge in [-0.05, 0) is 34.1 Å². The summed E-state index contributed by atoms with van der Waals surface area (Å²) in [5, 5.41) is 2.95. The van der Waals surface area contributed by atoms with E-state index in [2.05, 4.69) is 21.2 Å². The quantitative estimate of drug-likeness (QED) is 0.768. The summed E-state index contributed by atoms with van der Waals surface area (Å²) < 4.78 is 32.5. The number of nitrogens with one attached hydrogen (secondary N) is 1. The summed E-state index contributed by atoms with van der Waals surface area (Å²) in [4.78, 5) is 0. The summed E-state index contributed by atoms with van der Waals surface area (Å²) in [6, 6.07) is 7.06. The first-order valence-corrected chi connectivity index (χ1v) is 6.48. The first-order chi connectivity index (χ1) is 9.02. The van der Waals surface area contributed by atoms with Crippen molar-refractivity contribution in [2.75, 3.05) is 12.4 Å². The van der Waals surface area contributed by atoms with Gasteiger partial charge in [-0.15, -0.1) is 0 Å². The highest BCUT2D eigenvalue weighted by Gasteiger charge is 2.13. The van der Waals surface area contributed by atoms with E-state index in [1.54, 1.807) is 19.2 Å². The standard InChI is InChI=1S/C13H9BrClF2NO/c1-18-13-7(14)3-2-4-11(13)19-12-6-10(17)9(16)5-8(12)15/h2-6,18H,1H3. The zero-order valence-corrected chi connectivity index (χ0v) is 12.1. The Hall–Kier alpha value is -1.33. The van der Waals surface area contributed by atoms with Crippen LogP contribution >= 0.6 is 27.5 Å². The fraction of sp³-hybridized carbons (Fsp3) is 0.0769. The Labute approximate surface area is 122 Å². The van der Waals surface area contributed by atoms with Gasteiger partial charge in [0.1, 0.15) is 5.75 Å². The molecule has 0 fully saturated rings. The van der Waals surface area contributed by atoms with Gasteiger partial charge in [-0.25, -0.2) is 8.78 Å². The SMILES string of the molecule is CNc1c(Br)cccc1Oc1cc(F)c(F)cc1Cl. The van der Waals surface area contributed by atoms with Gasteiger partial charge in [0.2, 0.25) is 0 Å². The highest BCUT2D eigenvalue weighted by atomic mass is 79.9. The number of ether oxygens (including phenoxy) is 1. The van der Waals surface area contributed by atoms with Crippen molar-refractivity contribution in [1.82, 2.24) is 0 Å². The summed E-state index contributed by atoms with van der Waals surface area (Å²) in [7, 11) is 1.72. The van der Waals surface area contributed by atoms with Crippen LogP contribution in [0.3, 0.4) is 0 Å². The van der Waals surface area contributed by atoms with Crippen LogP contribution in [0.5, 0.6) is 11.5 Å². The lowest BCUT2D eigenvalue weighted by Gasteiger charge is -2.13. The molecule has 0 bridgehead atoms. The molecule has 0 aliphatic rings. The second kappa shape index (κ2) is 5.75. The predicted octanol–water partition coefficient (Wildman–Crippen LogP) is 5.21. The third-order valence-corrected chi connectivity index (χ3v) is 3.38. The molecule has 2 aromatic carbocycles. The predicted molar refractivity (Wildman–Crippen MR) is 75.1 cm³/mol. The van der Waals surface area contributed by atoms with E-state index in [1.807, 2.05) is 6.07 Å². The Balaban J connectivity index is 2.42. The molecule has 0 spiro atoms. The lowest BCUT2D eigenvalue weighted by molar-refractivity contribution is 0.463. The Morgan fingerprint density at radius 2 is 1.84 bits per heavy atom. The van der Waals surface area contributed by atoms with Crippen LogP contribution in [0.4, 0.5) is 14.5 Å². The maximum absolute atomic E-state index is 13.2. The molecule has 2 rings (SSSR count). The molecule has 0 aromatic heterocycles. The lowest BCUT2D eigenvalue weighted by atomic mass is 10.3. The van der Waals surface area contributed by atoms with Gasteiger partial charge in [0.05, 0.1) is 10.7 Å². The van der Waals surface area contributed by atoms with E-state index in [0.717, 1.165) is 16.6 Å². The van der Waals surface area contributed by atoms with E-state index < -0.39 is 11.6 Å². The van der Waals surface area contributed by atoms with E-state index >= 15 is 0 Å². The molecule has 100 valence electrons. The molecule has 2 nitrogen and oxygen atoms in total. The molecule has 2 aromatic rings. The number of rotatable bonds is 3. The third-order valence-electron chi connectivity index (χ3n) is 2.42. The van der Waals surface area contributed by atoms with Crippen LogP contribution in [0.25, 0.3) is 0 Å². The monoisotopic (exact) mass is 347 g/mol. The maximum Gasteiger partial charge on any atom is 0.162 e. The average Bonchev–Trinajstić information content (AvgIpc) is 2.36. The van der Waals surface area contributed by atoms with Crippen molar-refractivity contribution in [3.63, 3.8) is 0 Å². The summed E-state index contributed by atoms with van der Waals surface area (Å²) >= 11 is 9.18. The molecule has 0 radical (unpaired) electrons. The molecule has 0 aliphatic heterocycles. The zero-order chi connectivity index (χ0) is 14.0. The van der Waals surface area contributed by atoms with E-state index in [1.165, 1.54) is 0 Å². The van der Waals surface area contributed by atoms with Crippen molar-refractivity contribution >= 4 is 33.2 Å². The Bertz CT molecular complexity index is 622. The minimum absolute atomic E-state index is 0.000860. The molecule has 1 N–H and O–H groups in total. The summed E-state index contributed by atoms with van der Waals surface area (Å²) in [5.74, 6) is -1.53. The second-order valence-electron chi connectivity index (χ2n) is 3.66. The molecular weight excluding hydrogens is 340 g/mol. The van der Waals surface area contributed by atoms with Crippen LogP contribution in [-0.4, -0.2) is 7.05 Å². The molecule has 6 heteroatoms. The summed E-state index contributed by atoms with van der Waals surface area (Å²) in [5.41, 5.74) is 0.684. The van der Waals surface area contributed by atoms with E-state index in [4.69, 9.17) is 16.3 Å². The number of para-hydroxylation sites is 1. The molecule has 0 amide bonds. The Kier molecular flexibility index (Phi) is 4.27. The number of benzene rings is 2.